The number of halogens is 1. The van der Waals surface area contributed by atoms with E-state index in [1.165, 1.54) is 16.8 Å². The number of ether oxygens (including phenoxy) is 2. The van der Waals surface area contributed by atoms with Gasteiger partial charge in [-0.3, -0.25) is 4.99 Å². The maximum absolute atomic E-state index is 6.71. The van der Waals surface area contributed by atoms with E-state index in [9.17, 15) is 0 Å². The molecule has 0 N–H and O–H groups in total. The summed E-state index contributed by atoms with van der Waals surface area (Å²) in [5, 5.41) is 0.699. The maximum Gasteiger partial charge on any atom is 0.169 e. The summed E-state index contributed by atoms with van der Waals surface area (Å²) in [5.74, 6) is 2.08. The Bertz CT molecular complexity index is 1230. The van der Waals surface area contributed by atoms with Gasteiger partial charge in [0.2, 0.25) is 0 Å². The molecule has 1 aliphatic heterocycles. The van der Waals surface area contributed by atoms with Gasteiger partial charge in [0.25, 0.3) is 0 Å². The third kappa shape index (κ3) is 4.97. The average Bonchev–Trinajstić information content (AvgIpc) is 2.81. The fourth-order valence-electron chi connectivity index (χ4n) is 4.42. The molecule has 0 fully saturated rings. The van der Waals surface area contributed by atoms with Crippen LogP contribution in [0.4, 0.5) is 11.4 Å². The molecule has 0 spiro atoms. The smallest absolute Gasteiger partial charge is 0.169 e. The van der Waals surface area contributed by atoms with Crippen LogP contribution in [0.3, 0.4) is 0 Å². The number of hydrogen-bond acceptors (Lipinski definition) is 4. The van der Waals surface area contributed by atoms with Gasteiger partial charge in [0, 0.05) is 29.6 Å². The van der Waals surface area contributed by atoms with Gasteiger partial charge < -0.3 is 14.4 Å². The van der Waals surface area contributed by atoms with Gasteiger partial charge in [-0.1, -0.05) is 36.7 Å². The first kappa shape index (κ1) is 23.9. The van der Waals surface area contributed by atoms with Gasteiger partial charge in [0.1, 0.15) is 5.75 Å². The van der Waals surface area contributed by atoms with Crippen LogP contribution in [0.5, 0.6) is 17.2 Å². The normalized spacial score (nSPS) is 14.6. The fourth-order valence-corrected chi connectivity index (χ4v) is 4.63. The van der Waals surface area contributed by atoms with Gasteiger partial charge in [0.05, 0.1) is 23.4 Å². The van der Waals surface area contributed by atoms with Gasteiger partial charge in [-0.25, -0.2) is 0 Å². The Morgan fingerprint density at radius 3 is 2.41 bits per heavy atom. The van der Waals surface area contributed by atoms with Crippen molar-refractivity contribution in [3.63, 3.8) is 0 Å². The molecule has 4 rings (SSSR count). The Hall–Kier alpha value is -3.24. The zero-order valence-corrected chi connectivity index (χ0v) is 21.2. The first-order chi connectivity index (χ1) is 16.3. The van der Waals surface area contributed by atoms with Crippen molar-refractivity contribution in [1.82, 2.24) is 0 Å². The summed E-state index contributed by atoms with van der Waals surface area (Å²) in [6, 6.07) is 19.4. The number of hydrogen-bond donors (Lipinski definition) is 0. The number of para-hydroxylation sites is 2. The average molecular weight is 475 g/mol. The number of rotatable bonds is 7. The van der Waals surface area contributed by atoms with E-state index in [1.807, 2.05) is 54.7 Å². The van der Waals surface area contributed by atoms with Gasteiger partial charge in [0.15, 0.2) is 11.5 Å². The van der Waals surface area contributed by atoms with E-state index in [4.69, 9.17) is 21.1 Å². The highest BCUT2D eigenvalue weighted by Gasteiger charge is 2.31. The van der Waals surface area contributed by atoms with Crippen LogP contribution in [0.1, 0.15) is 45.2 Å². The number of aliphatic imine (C=N–C) groups is 1. The summed E-state index contributed by atoms with van der Waals surface area (Å²) in [6.45, 7) is 9.85. The van der Waals surface area contributed by atoms with Crippen LogP contribution in [0.25, 0.3) is 5.57 Å². The van der Waals surface area contributed by atoms with Crippen molar-refractivity contribution < 1.29 is 9.47 Å². The van der Waals surface area contributed by atoms with Gasteiger partial charge in [-0.2, -0.15) is 0 Å². The monoisotopic (exact) mass is 474 g/mol. The second kappa shape index (κ2) is 9.94. The number of allylic oxidation sites excluding steroid dienone is 1. The van der Waals surface area contributed by atoms with Crippen molar-refractivity contribution in [2.75, 3.05) is 18.6 Å². The van der Waals surface area contributed by atoms with Crippen LogP contribution in [-0.4, -0.2) is 25.4 Å². The summed E-state index contributed by atoms with van der Waals surface area (Å²) in [6.07, 6.45) is 5.24. The summed E-state index contributed by atoms with van der Waals surface area (Å²) >= 11 is 6.71. The molecule has 4 nitrogen and oxygen atoms in total. The molecule has 5 heteroatoms. The molecule has 3 aromatic carbocycles. The molecule has 34 heavy (non-hydrogen) atoms. The molecule has 0 amide bonds. The number of methoxy groups -OCH3 is 1. The van der Waals surface area contributed by atoms with Crippen molar-refractivity contribution in [1.29, 1.82) is 0 Å². The lowest BCUT2D eigenvalue weighted by Gasteiger charge is -2.43. The van der Waals surface area contributed by atoms with Crippen LogP contribution in [0.2, 0.25) is 5.02 Å². The van der Waals surface area contributed by atoms with Crippen LogP contribution in [-0.2, 0) is 0 Å². The minimum absolute atomic E-state index is 0.0421. The quantitative estimate of drug-likeness (QED) is 0.323. The molecule has 0 aliphatic carbocycles. The first-order valence-corrected chi connectivity index (χ1v) is 12.0. The highest BCUT2D eigenvalue weighted by Crippen LogP contribution is 2.41. The van der Waals surface area contributed by atoms with Gasteiger partial charge >= 0.3 is 0 Å². The van der Waals surface area contributed by atoms with E-state index in [2.05, 4.69) is 55.8 Å². The molecule has 1 heterocycles. The van der Waals surface area contributed by atoms with Crippen molar-refractivity contribution in [3.05, 3.63) is 82.9 Å². The maximum atomic E-state index is 6.71. The van der Waals surface area contributed by atoms with E-state index < -0.39 is 0 Å². The minimum Gasteiger partial charge on any atom is -0.493 e. The second-order valence-electron chi connectivity index (χ2n) is 9.03. The third-order valence-corrected chi connectivity index (χ3v) is 6.36. The SMILES string of the molecule is CCCN1c2cc(Cl)c(C=Nc3ccc(Oc4ccccc4OC)cc3)cc2C(C)=CC1(C)C. The Morgan fingerprint density at radius 2 is 1.74 bits per heavy atom. The molecule has 3 aromatic rings. The molecule has 0 radical (unpaired) electrons. The first-order valence-electron chi connectivity index (χ1n) is 11.6. The van der Waals surface area contributed by atoms with Crippen LogP contribution >= 0.6 is 11.6 Å². The van der Waals surface area contributed by atoms with E-state index in [0.717, 1.165) is 30.0 Å². The van der Waals surface area contributed by atoms with Crippen LogP contribution in [0.15, 0.2) is 71.7 Å². The summed E-state index contributed by atoms with van der Waals surface area (Å²) < 4.78 is 11.3. The van der Waals surface area contributed by atoms with E-state index in [-0.39, 0.29) is 5.54 Å². The van der Waals surface area contributed by atoms with Gasteiger partial charge in [-0.05, 0) is 81.3 Å². The number of benzene rings is 3. The fraction of sp³-hybridized carbons (Fsp3) is 0.276. The van der Waals surface area contributed by atoms with E-state index in [1.54, 1.807) is 7.11 Å². The molecule has 0 bridgehead atoms. The predicted octanol–water partition coefficient (Wildman–Crippen LogP) is 8.30. The van der Waals surface area contributed by atoms with Crippen molar-refractivity contribution in [2.24, 2.45) is 4.99 Å². The molecule has 0 saturated heterocycles. The lowest BCUT2D eigenvalue weighted by molar-refractivity contribution is 0.379. The Balaban J connectivity index is 1.56. The van der Waals surface area contributed by atoms with E-state index >= 15 is 0 Å². The molecular weight excluding hydrogens is 444 g/mol. The predicted molar refractivity (Wildman–Crippen MR) is 144 cm³/mol. The number of nitrogens with zero attached hydrogens (tertiary/aromatic N) is 2. The van der Waals surface area contributed by atoms with Crippen molar-refractivity contribution in [2.45, 2.75) is 39.7 Å². The van der Waals surface area contributed by atoms with Crippen molar-refractivity contribution >= 4 is 34.8 Å². The Kier molecular flexibility index (Phi) is 6.99. The second-order valence-corrected chi connectivity index (χ2v) is 9.44. The number of fused-ring (bicyclic) bond motifs is 1. The number of anilines is 1. The van der Waals surface area contributed by atoms with Crippen LogP contribution < -0.4 is 14.4 Å². The third-order valence-electron chi connectivity index (χ3n) is 6.03. The lowest BCUT2D eigenvalue weighted by Crippen LogP contribution is -2.45. The Morgan fingerprint density at radius 1 is 1.03 bits per heavy atom. The molecule has 0 aromatic heterocycles. The Labute approximate surface area is 207 Å². The largest absolute Gasteiger partial charge is 0.493 e. The molecule has 0 atom stereocenters. The standard InChI is InChI=1S/C29H31ClN2O2/c1-6-15-32-26-17-25(30)21(16-24(26)20(2)18-29(32,3)4)19-31-22-11-13-23(14-12-22)34-28-10-8-7-9-27(28)33-5/h7-14,16-19H,6,15H2,1-5H3. The van der Waals surface area contributed by atoms with Gasteiger partial charge in [-0.15, -0.1) is 0 Å². The highest BCUT2D eigenvalue weighted by molar-refractivity contribution is 6.33. The minimum atomic E-state index is -0.0421. The summed E-state index contributed by atoms with van der Waals surface area (Å²) in [7, 11) is 1.63. The molecule has 1 aliphatic rings. The lowest BCUT2D eigenvalue weighted by atomic mass is 9.88. The summed E-state index contributed by atoms with van der Waals surface area (Å²) in [5.41, 5.74) is 5.34. The highest BCUT2D eigenvalue weighted by atomic mass is 35.5. The topological polar surface area (TPSA) is 34.1 Å². The molecule has 0 saturated carbocycles. The zero-order chi connectivity index (χ0) is 24.3. The molecule has 176 valence electrons. The zero-order valence-electron chi connectivity index (χ0n) is 20.4. The van der Waals surface area contributed by atoms with E-state index in [0.29, 0.717) is 16.5 Å². The summed E-state index contributed by atoms with van der Waals surface area (Å²) in [4.78, 5) is 7.09. The molecule has 0 unspecified atom stereocenters. The molecular formula is C29H31ClN2O2. The van der Waals surface area contributed by atoms with Crippen molar-refractivity contribution in [3.8, 4) is 17.2 Å². The van der Waals surface area contributed by atoms with Crippen LogP contribution in [0, 0.1) is 0 Å².